The number of benzene rings is 1. The van der Waals surface area contributed by atoms with Gasteiger partial charge in [-0.15, -0.1) is 0 Å². The summed E-state index contributed by atoms with van der Waals surface area (Å²) >= 11 is 0. The first-order valence-electron chi connectivity index (χ1n) is 3.74. The molecule has 0 unspecified atom stereocenters. The summed E-state index contributed by atoms with van der Waals surface area (Å²) in [6.45, 7) is 0. The summed E-state index contributed by atoms with van der Waals surface area (Å²) in [4.78, 5) is 0. The van der Waals surface area contributed by atoms with Gasteiger partial charge in [-0.05, 0) is 12.1 Å². The number of aromatic nitrogens is 1. The minimum Gasteiger partial charge on any atom is -0.364 e. The van der Waals surface area contributed by atoms with Gasteiger partial charge in [-0.3, -0.25) is 0 Å². The van der Waals surface area contributed by atoms with Crippen molar-refractivity contribution in [2.45, 2.75) is 0 Å². The Morgan fingerprint density at radius 1 is 1.00 bits per heavy atom. The highest BCUT2D eigenvalue weighted by molar-refractivity contribution is 5.59. The van der Waals surface area contributed by atoms with Crippen molar-refractivity contribution in [3.8, 4) is 11.3 Å². The van der Waals surface area contributed by atoms with Gasteiger partial charge in [-0.1, -0.05) is 5.16 Å². The van der Waals surface area contributed by atoms with Crippen LogP contribution in [0.15, 0.2) is 29.0 Å². The van der Waals surface area contributed by atoms with E-state index in [1.165, 1.54) is 6.07 Å². The molecule has 2 rings (SSSR count). The molecule has 0 aliphatic heterocycles. The Labute approximate surface area is 77.0 Å². The molecule has 0 atom stereocenters. The van der Waals surface area contributed by atoms with Gasteiger partial charge in [0.1, 0.15) is 17.8 Å². The van der Waals surface area contributed by atoms with Gasteiger partial charge >= 0.3 is 0 Å². The van der Waals surface area contributed by atoms with Crippen molar-refractivity contribution in [1.29, 1.82) is 0 Å². The fraction of sp³-hybridized carbons (Fsp3) is 0. The van der Waals surface area contributed by atoms with Crippen LogP contribution in [0, 0.1) is 17.5 Å². The van der Waals surface area contributed by atoms with E-state index in [2.05, 4.69) is 9.68 Å². The van der Waals surface area contributed by atoms with Crippen LogP contribution < -0.4 is 0 Å². The van der Waals surface area contributed by atoms with Crippen molar-refractivity contribution in [2.75, 3.05) is 0 Å². The molecule has 2 aromatic rings. The maximum Gasteiger partial charge on any atom is 0.171 e. The van der Waals surface area contributed by atoms with Crippen LogP contribution in [0.1, 0.15) is 0 Å². The molecule has 14 heavy (non-hydrogen) atoms. The molecule has 0 saturated carbocycles. The first kappa shape index (κ1) is 8.80. The third kappa shape index (κ3) is 1.26. The zero-order chi connectivity index (χ0) is 10.1. The first-order valence-corrected chi connectivity index (χ1v) is 3.74. The lowest BCUT2D eigenvalue weighted by atomic mass is 10.1. The lowest BCUT2D eigenvalue weighted by molar-refractivity contribution is 0.420. The minimum absolute atomic E-state index is 0.0699. The number of halogens is 3. The Balaban J connectivity index is 2.69. The summed E-state index contributed by atoms with van der Waals surface area (Å²) in [5.41, 5.74) is -0.585. The predicted molar refractivity (Wildman–Crippen MR) is 41.8 cm³/mol. The van der Waals surface area contributed by atoms with Crippen molar-refractivity contribution in [2.24, 2.45) is 0 Å². The highest BCUT2D eigenvalue weighted by Crippen LogP contribution is 2.25. The van der Waals surface area contributed by atoms with Crippen LogP contribution in [-0.2, 0) is 0 Å². The molecule has 0 bridgehead atoms. The normalized spacial score (nSPS) is 10.5. The van der Waals surface area contributed by atoms with Crippen LogP contribution in [0.4, 0.5) is 13.2 Å². The smallest absolute Gasteiger partial charge is 0.171 e. The Morgan fingerprint density at radius 3 is 2.36 bits per heavy atom. The number of hydrogen-bond acceptors (Lipinski definition) is 2. The molecular formula is C9H4F3NO. The average Bonchev–Trinajstić information content (AvgIpc) is 2.65. The van der Waals surface area contributed by atoms with Gasteiger partial charge in [0, 0.05) is 6.07 Å². The quantitative estimate of drug-likeness (QED) is 0.660. The average molecular weight is 199 g/mol. The maximum absolute atomic E-state index is 13.1. The molecule has 5 heteroatoms. The fourth-order valence-corrected chi connectivity index (χ4v) is 1.10. The highest BCUT2D eigenvalue weighted by Gasteiger charge is 2.17. The van der Waals surface area contributed by atoms with Crippen molar-refractivity contribution in [3.63, 3.8) is 0 Å². The van der Waals surface area contributed by atoms with E-state index in [-0.39, 0.29) is 5.69 Å². The van der Waals surface area contributed by atoms with E-state index in [9.17, 15) is 13.2 Å². The van der Waals surface area contributed by atoms with E-state index in [1.54, 1.807) is 0 Å². The van der Waals surface area contributed by atoms with E-state index < -0.39 is 23.0 Å². The summed E-state index contributed by atoms with van der Waals surface area (Å²) in [7, 11) is 0. The second-order valence-electron chi connectivity index (χ2n) is 2.60. The van der Waals surface area contributed by atoms with Crippen molar-refractivity contribution >= 4 is 0 Å². The van der Waals surface area contributed by atoms with E-state index in [4.69, 9.17) is 0 Å². The predicted octanol–water partition coefficient (Wildman–Crippen LogP) is 2.76. The van der Waals surface area contributed by atoms with Crippen LogP contribution in [-0.4, -0.2) is 5.16 Å². The molecule has 0 amide bonds. The standard InChI is InChI=1S/C9H4F3NO/c10-5-1-2-6(11)9(12)8(5)7-3-4-14-13-7/h1-4H. The van der Waals surface area contributed by atoms with E-state index >= 15 is 0 Å². The van der Waals surface area contributed by atoms with E-state index in [1.807, 2.05) is 0 Å². The lowest BCUT2D eigenvalue weighted by Gasteiger charge is -2.00. The zero-order valence-electron chi connectivity index (χ0n) is 6.80. The number of nitrogens with zero attached hydrogens (tertiary/aromatic N) is 1. The van der Waals surface area contributed by atoms with Crippen LogP contribution in [0.3, 0.4) is 0 Å². The Morgan fingerprint density at radius 2 is 1.71 bits per heavy atom. The van der Waals surface area contributed by atoms with Gasteiger partial charge in [0.25, 0.3) is 0 Å². The summed E-state index contributed by atoms with van der Waals surface area (Å²) in [5.74, 6) is -3.26. The molecule has 0 N–H and O–H groups in total. The van der Waals surface area contributed by atoms with Gasteiger partial charge in [0.05, 0.1) is 5.56 Å². The van der Waals surface area contributed by atoms with E-state index in [0.717, 1.165) is 12.3 Å². The minimum atomic E-state index is -1.26. The number of rotatable bonds is 1. The second-order valence-corrected chi connectivity index (χ2v) is 2.60. The van der Waals surface area contributed by atoms with Gasteiger partial charge in [-0.2, -0.15) is 0 Å². The van der Waals surface area contributed by atoms with Crippen LogP contribution >= 0.6 is 0 Å². The topological polar surface area (TPSA) is 26.0 Å². The summed E-state index contributed by atoms with van der Waals surface area (Å²) in [6.07, 6.45) is 1.15. The molecule has 1 aromatic heterocycles. The Hall–Kier alpha value is -1.78. The molecule has 0 fully saturated rings. The molecule has 2 nitrogen and oxygen atoms in total. The third-order valence-electron chi connectivity index (χ3n) is 1.74. The molecule has 1 aromatic carbocycles. The molecular weight excluding hydrogens is 195 g/mol. The monoisotopic (exact) mass is 199 g/mol. The molecule has 0 saturated heterocycles. The fourth-order valence-electron chi connectivity index (χ4n) is 1.10. The molecule has 1 heterocycles. The SMILES string of the molecule is Fc1ccc(F)c(-c2ccon2)c1F. The molecule has 0 aliphatic carbocycles. The largest absolute Gasteiger partial charge is 0.364 e. The van der Waals surface area contributed by atoms with Gasteiger partial charge in [0.15, 0.2) is 11.6 Å². The van der Waals surface area contributed by atoms with Crippen molar-refractivity contribution < 1.29 is 17.7 Å². The number of hydrogen-bond donors (Lipinski definition) is 0. The molecule has 0 aliphatic rings. The summed E-state index contributed by atoms with van der Waals surface area (Å²) in [5, 5.41) is 3.33. The van der Waals surface area contributed by atoms with Crippen LogP contribution in [0.5, 0.6) is 0 Å². The van der Waals surface area contributed by atoms with Crippen LogP contribution in [0.25, 0.3) is 11.3 Å². The van der Waals surface area contributed by atoms with Crippen molar-refractivity contribution in [1.82, 2.24) is 5.16 Å². The molecule has 0 spiro atoms. The Kier molecular flexibility index (Phi) is 1.99. The van der Waals surface area contributed by atoms with Gasteiger partial charge in [0.2, 0.25) is 0 Å². The lowest BCUT2D eigenvalue weighted by Crippen LogP contribution is -1.93. The van der Waals surface area contributed by atoms with E-state index in [0.29, 0.717) is 6.07 Å². The summed E-state index contributed by atoms with van der Waals surface area (Å²) < 4.78 is 43.4. The summed E-state index contributed by atoms with van der Waals surface area (Å²) in [6, 6.07) is 2.80. The van der Waals surface area contributed by atoms with Crippen LogP contribution in [0.2, 0.25) is 0 Å². The maximum atomic E-state index is 13.1. The molecule has 72 valence electrons. The highest BCUT2D eigenvalue weighted by atomic mass is 19.2. The van der Waals surface area contributed by atoms with Gasteiger partial charge in [-0.25, -0.2) is 13.2 Å². The third-order valence-corrected chi connectivity index (χ3v) is 1.74. The second kappa shape index (κ2) is 3.17. The Bertz CT molecular complexity index is 453. The van der Waals surface area contributed by atoms with Crippen molar-refractivity contribution in [3.05, 3.63) is 41.9 Å². The van der Waals surface area contributed by atoms with Gasteiger partial charge < -0.3 is 4.52 Å². The molecule has 0 radical (unpaired) electrons. The zero-order valence-corrected chi connectivity index (χ0v) is 6.80. The first-order chi connectivity index (χ1) is 6.70.